The number of carboxylic acid groups (broad SMARTS) is 1. The first-order chi connectivity index (χ1) is 20.2. The highest BCUT2D eigenvalue weighted by Gasteiger charge is 2.28. The maximum Gasteiger partial charge on any atom is 0.326 e. The molecular formula is C31H33N5O6. The Bertz CT molecular complexity index is 1540. The van der Waals surface area contributed by atoms with Crippen LogP contribution in [0.5, 0.6) is 5.75 Å². The van der Waals surface area contributed by atoms with E-state index in [2.05, 4.69) is 20.9 Å². The molecule has 0 aliphatic rings. The number of H-pyrrole nitrogens is 1. The Labute approximate surface area is 242 Å². The molecule has 1 heterocycles. The van der Waals surface area contributed by atoms with E-state index in [1.54, 1.807) is 18.3 Å². The molecule has 0 saturated heterocycles. The number of aromatic nitrogens is 1. The van der Waals surface area contributed by atoms with Crippen molar-refractivity contribution < 1.29 is 29.4 Å². The number of phenolic OH excluding ortho intramolecular Hbond substituents is 1. The van der Waals surface area contributed by atoms with Crippen LogP contribution in [-0.2, 0) is 38.4 Å². The summed E-state index contributed by atoms with van der Waals surface area (Å²) in [5.74, 6) is -3.09. The normalized spacial score (nSPS) is 13.1. The Morgan fingerprint density at radius 2 is 1.43 bits per heavy atom. The van der Waals surface area contributed by atoms with Gasteiger partial charge in [0, 0.05) is 29.9 Å². The van der Waals surface area contributed by atoms with Crippen LogP contribution in [0, 0.1) is 0 Å². The van der Waals surface area contributed by atoms with Crippen molar-refractivity contribution in [3.05, 3.63) is 102 Å². The second-order valence-corrected chi connectivity index (χ2v) is 9.97. The lowest BCUT2D eigenvalue weighted by atomic mass is 10.0. The van der Waals surface area contributed by atoms with Crippen LogP contribution >= 0.6 is 0 Å². The third kappa shape index (κ3) is 8.18. The minimum absolute atomic E-state index is 0.0317. The van der Waals surface area contributed by atoms with E-state index in [-0.39, 0.29) is 25.0 Å². The molecule has 0 bridgehead atoms. The Kier molecular flexibility index (Phi) is 9.90. The van der Waals surface area contributed by atoms with E-state index >= 15 is 0 Å². The summed E-state index contributed by atoms with van der Waals surface area (Å²) in [7, 11) is 0. The van der Waals surface area contributed by atoms with E-state index in [4.69, 9.17) is 5.73 Å². The fourth-order valence-electron chi connectivity index (χ4n) is 4.57. The average molecular weight is 572 g/mol. The van der Waals surface area contributed by atoms with E-state index < -0.39 is 48.4 Å². The van der Waals surface area contributed by atoms with Crippen LogP contribution in [0.1, 0.15) is 16.7 Å². The third-order valence-electron chi connectivity index (χ3n) is 6.80. The summed E-state index contributed by atoms with van der Waals surface area (Å²) < 4.78 is 0. The van der Waals surface area contributed by atoms with E-state index in [1.807, 2.05) is 54.6 Å². The molecule has 0 aliphatic heterocycles. The summed E-state index contributed by atoms with van der Waals surface area (Å²) in [5, 5.41) is 27.8. The molecule has 0 fully saturated rings. The summed E-state index contributed by atoms with van der Waals surface area (Å²) in [5.41, 5.74) is 9.05. The first-order valence-electron chi connectivity index (χ1n) is 13.4. The van der Waals surface area contributed by atoms with Gasteiger partial charge in [-0.15, -0.1) is 0 Å². The zero-order valence-corrected chi connectivity index (χ0v) is 22.7. The van der Waals surface area contributed by atoms with Gasteiger partial charge >= 0.3 is 5.97 Å². The summed E-state index contributed by atoms with van der Waals surface area (Å²) in [6.45, 7) is -0.422. The highest BCUT2D eigenvalue weighted by atomic mass is 16.4. The number of nitrogens with two attached hydrogens (primary N) is 1. The first kappa shape index (κ1) is 29.8. The van der Waals surface area contributed by atoms with Crippen molar-refractivity contribution in [2.75, 3.05) is 6.54 Å². The Hall–Kier alpha value is -5.16. The molecule has 4 rings (SSSR count). The number of para-hydroxylation sites is 1. The summed E-state index contributed by atoms with van der Waals surface area (Å²) in [4.78, 5) is 53.9. The maximum absolute atomic E-state index is 13.4. The zero-order chi connectivity index (χ0) is 30.1. The average Bonchev–Trinajstić information content (AvgIpc) is 3.39. The molecule has 8 N–H and O–H groups in total. The van der Waals surface area contributed by atoms with E-state index in [9.17, 15) is 29.4 Å². The van der Waals surface area contributed by atoms with Gasteiger partial charge < -0.3 is 36.9 Å². The lowest BCUT2D eigenvalue weighted by Gasteiger charge is -2.22. The van der Waals surface area contributed by atoms with Crippen molar-refractivity contribution in [2.45, 2.75) is 37.4 Å². The molecule has 0 aliphatic carbocycles. The van der Waals surface area contributed by atoms with Crippen molar-refractivity contribution in [2.24, 2.45) is 5.73 Å². The number of amides is 3. The molecule has 0 saturated carbocycles. The van der Waals surface area contributed by atoms with Gasteiger partial charge in [0.2, 0.25) is 17.7 Å². The molecule has 42 heavy (non-hydrogen) atoms. The minimum atomic E-state index is -1.29. The SMILES string of the molecule is NC(Cc1ccccc1)C(=O)NCC(=O)NC(Cc1c[nH]c2ccccc12)C(=O)NC(Cc1ccc(O)cc1)C(=O)O. The van der Waals surface area contributed by atoms with E-state index in [1.165, 1.54) is 12.1 Å². The number of aliphatic carboxylic acids is 1. The predicted octanol–water partition coefficient (Wildman–Crippen LogP) is 1.40. The topological polar surface area (TPSA) is 187 Å². The molecule has 1 aromatic heterocycles. The number of hydrogen-bond donors (Lipinski definition) is 7. The van der Waals surface area contributed by atoms with Gasteiger partial charge in [-0.3, -0.25) is 14.4 Å². The number of benzene rings is 3. The van der Waals surface area contributed by atoms with Crippen LogP contribution in [0.3, 0.4) is 0 Å². The van der Waals surface area contributed by atoms with Crippen LogP contribution in [0.2, 0.25) is 0 Å². The first-order valence-corrected chi connectivity index (χ1v) is 13.4. The summed E-state index contributed by atoms with van der Waals surface area (Å²) in [6.07, 6.45) is 2.04. The van der Waals surface area contributed by atoms with Crippen molar-refractivity contribution >= 4 is 34.6 Å². The van der Waals surface area contributed by atoms with Crippen LogP contribution < -0.4 is 21.7 Å². The minimum Gasteiger partial charge on any atom is -0.508 e. The standard InChI is InChI=1S/C31H33N5O6/c32-24(14-19-6-2-1-3-7-19)29(39)34-18-28(38)35-26(16-21-17-33-25-9-5-4-8-23(21)25)30(40)36-27(31(41)42)15-20-10-12-22(37)13-11-20/h1-13,17,24,26-27,33,37H,14-16,18,32H2,(H,34,39)(H,35,38)(H,36,40)(H,41,42). The number of aromatic amines is 1. The number of carbonyl (C=O) groups is 4. The van der Waals surface area contributed by atoms with Gasteiger partial charge in [-0.05, 0) is 41.3 Å². The monoisotopic (exact) mass is 571 g/mol. The van der Waals surface area contributed by atoms with Crippen molar-refractivity contribution in [1.29, 1.82) is 0 Å². The molecule has 3 amide bonds. The molecule has 3 aromatic carbocycles. The number of carbonyl (C=O) groups excluding carboxylic acids is 3. The number of aromatic hydroxyl groups is 1. The number of fused-ring (bicyclic) bond motifs is 1. The lowest BCUT2D eigenvalue weighted by Crippen LogP contribution is -2.55. The van der Waals surface area contributed by atoms with Crippen molar-refractivity contribution in [1.82, 2.24) is 20.9 Å². The van der Waals surface area contributed by atoms with Gasteiger partial charge in [0.1, 0.15) is 17.8 Å². The fraction of sp³-hybridized carbons (Fsp3) is 0.226. The van der Waals surface area contributed by atoms with Gasteiger partial charge in [-0.1, -0.05) is 60.7 Å². The second-order valence-electron chi connectivity index (χ2n) is 9.97. The molecule has 3 atom stereocenters. The van der Waals surface area contributed by atoms with Crippen LogP contribution in [0.25, 0.3) is 10.9 Å². The molecule has 0 radical (unpaired) electrons. The van der Waals surface area contributed by atoms with E-state index in [0.717, 1.165) is 22.0 Å². The van der Waals surface area contributed by atoms with Crippen LogP contribution in [0.15, 0.2) is 85.1 Å². The Morgan fingerprint density at radius 1 is 0.762 bits per heavy atom. The quantitative estimate of drug-likeness (QED) is 0.126. The molecule has 4 aromatic rings. The number of phenols is 1. The van der Waals surface area contributed by atoms with Crippen molar-refractivity contribution in [3.8, 4) is 5.75 Å². The Morgan fingerprint density at radius 3 is 2.14 bits per heavy atom. The number of nitrogens with one attached hydrogen (secondary N) is 4. The zero-order valence-electron chi connectivity index (χ0n) is 22.7. The molecular weight excluding hydrogens is 538 g/mol. The number of rotatable bonds is 13. The summed E-state index contributed by atoms with van der Waals surface area (Å²) >= 11 is 0. The highest BCUT2D eigenvalue weighted by Crippen LogP contribution is 2.19. The molecule has 11 nitrogen and oxygen atoms in total. The number of carboxylic acids is 1. The molecule has 11 heteroatoms. The van der Waals surface area contributed by atoms with Gasteiger partial charge in [-0.25, -0.2) is 4.79 Å². The highest BCUT2D eigenvalue weighted by molar-refractivity contribution is 5.93. The molecule has 218 valence electrons. The summed E-state index contributed by atoms with van der Waals surface area (Å²) in [6, 6.07) is 19.4. The number of hydrogen-bond acceptors (Lipinski definition) is 6. The smallest absolute Gasteiger partial charge is 0.326 e. The Balaban J connectivity index is 1.44. The van der Waals surface area contributed by atoms with Crippen molar-refractivity contribution in [3.63, 3.8) is 0 Å². The molecule has 3 unspecified atom stereocenters. The van der Waals surface area contributed by atoms with Crippen LogP contribution in [0.4, 0.5) is 0 Å². The van der Waals surface area contributed by atoms with Gasteiger partial charge in [-0.2, -0.15) is 0 Å². The fourth-order valence-corrected chi connectivity index (χ4v) is 4.57. The van der Waals surface area contributed by atoms with E-state index in [0.29, 0.717) is 5.56 Å². The maximum atomic E-state index is 13.4. The lowest BCUT2D eigenvalue weighted by molar-refractivity contribution is -0.142. The van der Waals surface area contributed by atoms with Gasteiger partial charge in [0.15, 0.2) is 0 Å². The van der Waals surface area contributed by atoms with Crippen LogP contribution in [-0.4, -0.2) is 63.6 Å². The third-order valence-corrected chi connectivity index (χ3v) is 6.80. The second kappa shape index (κ2) is 14.0. The molecule has 0 spiro atoms. The largest absolute Gasteiger partial charge is 0.508 e. The van der Waals surface area contributed by atoms with Gasteiger partial charge in [0.05, 0.1) is 12.6 Å². The van der Waals surface area contributed by atoms with Gasteiger partial charge in [0.25, 0.3) is 0 Å². The predicted molar refractivity (Wildman–Crippen MR) is 156 cm³/mol.